The van der Waals surface area contributed by atoms with E-state index in [2.05, 4.69) is 6.92 Å². The van der Waals surface area contributed by atoms with Crippen LogP contribution >= 0.6 is 0 Å². The normalized spacial score (nSPS) is 23.1. The minimum absolute atomic E-state index is 0.189. The number of nitro groups is 1. The number of halogens is 1. The lowest BCUT2D eigenvalue weighted by molar-refractivity contribution is -0.385. The Morgan fingerprint density at radius 3 is 2.74 bits per heavy atom. The lowest BCUT2D eigenvalue weighted by atomic mass is 9.86. The molecule has 1 saturated carbocycles. The molecule has 5 heteroatoms. The van der Waals surface area contributed by atoms with Crippen LogP contribution in [0.15, 0.2) is 18.2 Å². The standard InChI is InChI=1S/C14H19FN2O2/c1-10-4-3-5-12(6-10)16(2)13-7-11(15)8-14(9-13)17(18)19/h7-10,12H,3-6H2,1-2H3. The van der Waals surface area contributed by atoms with E-state index < -0.39 is 10.7 Å². The number of hydrogen-bond acceptors (Lipinski definition) is 3. The Balaban J connectivity index is 2.22. The van der Waals surface area contributed by atoms with E-state index in [1.54, 1.807) is 0 Å². The van der Waals surface area contributed by atoms with Gasteiger partial charge in [0.15, 0.2) is 0 Å². The quantitative estimate of drug-likeness (QED) is 0.618. The zero-order chi connectivity index (χ0) is 14.0. The van der Waals surface area contributed by atoms with Crippen LogP contribution in [0.5, 0.6) is 0 Å². The Morgan fingerprint density at radius 1 is 1.37 bits per heavy atom. The summed E-state index contributed by atoms with van der Waals surface area (Å²) in [5.74, 6) is 0.102. The summed E-state index contributed by atoms with van der Waals surface area (Å²) in [6.45, 7) is 2.22. The Bertz CT molecular complexity index is 479. The summed E-state index contributed by atoms with van der Waals surface area (Å²) >= 11 is 0. The third kappa shape index (κ3) is 3.22. The van der Waals surface area contributed by atoms with Gasteiger partial charge in [-0.1, -0.05) is 19.8 Å². The van der Waals surface area contributed by atoms with Crippen LogP contribution in [0.3, 0.4) is 0 Å². The maximum Gasteiger partial charge on any atom is 0.274 e. The van der Waals surface area contributed by atoms with Crippen molar-refractivity contribution in [1.82, 2.24) is 0 Å². The number of nitrogens with zero attached hydrogens (tertiary/aromatic N) is 2. The van der Waals surface area contributed by atoms with Crippen molar-refractivity contribution in [2.45, 2.75) is 38.6 Å². The second-order valence-electron chi connectivity index (χ2n) is 5.46. The van der Waals surface area contributed by atoms with Gasteiger partial charge in [-0.2, -0.15) is 0 Å². The highest BCUT2D eigenvalue weighted by molar-refractivity contribution is 5.53. The summed E-state index contributed by atoms with van der Waals surface area (Å²) in [4.78, 5) is 12.2. The Morgan fingerprint density at radius 2 is 2.11 bits per heavy atom. The van der Waals surface area contributed by atoms with Crippen molar-refractivity contribution in [2.75, 3.05) is 11.9 Å². The van der Waals surface area contributed by atoms with E-state index in [1.165, 1.54) is 18.6 Å². The molecule has 0 aliphatic heterocycles. The molecule has 0 saturated heterocycles. The van der Waals surface area contributed by atoms with E-state index in [1.807, 2.05) is 11.9 Å². The fraction of sp³-hybridized carbons (Fsp3) is 0.571. The average molecular weight is 266 g/mol. The van der Waals surface area contributed by atoms with E-state index in [0.717, 1.165) is 25.3 Å². The van der Waals surface area contributed by atoms with Crippen LogP contribution in [0.4, 0.5) is 15.8 Å². The lowest BCUT2D eigenvalue weighted by Crippen LogP contribution is -2.35. The zero-order valence-corrected chi connectivity index (χ0v) is 11.3. The van der Waals surface area contributed by atoms with Gasteiger partial charge in [0, 0.05) is 24.8 Å². The fourth-order valence-electron chi connectivity index (χ4n) is 2.83. The molecule has 104 valence electrons. The minimum atomic E-state index is -0.556. The molecule has 0 N–H and O–H groups in total. The summed E-state index contributed by atoms with van der Waals surface area (Å²) in [5.41, 5.74) is 0.400. The maximum absolute atomic E-state index is 13.5. The van der Waals surface area contributed by atoms with Crippen LogP contribution in [-0.4, -0.2) is 18.0 Å². The number of anilines is 1. The highest BCUT2D eigenvalue weighted by atomic mass is 19.1. The predicted molar refractivity (Wildman–Crippen MR) is 72.9 cm³/mol. The number of benzene rings is 1. The molecule has 1 aliphatic rings. The molecule has 2 atom stereocenters. The van der Waals surface area contributed by atoms with Crippen molar-refractivity contribution in [2.24, 2.45) is 5.92 Å². The van der Waals surface area contributed by atoms with Gasteiger partial charge >= 0.3 is 0 Å². The van der Waals surface area contributed by atoms with Gasteiger partial charge in [0.05, 0.1) is 11.0 Å². The van der Waals surface area contributed by atoms with E-state index in [-0.39, 0.29) is 5.69 Å². The van der Waals surface area contributed by atoms with Crippen molar-refractivity contribution in [1.29, 1.82) is 0 Å². The summed E-state index contributed by atoms with van der Waals surface area (Å²) in [5, 5.41) is 10.8. The smallest absolute Gasteiger partial charge is 0.274 e. The highest BCUT2D eigenvalue weighted by Gasteiger charge is 2.24. The van der Waals surface area contributed by atoms with Gasteiger partial charge in [0.2, 0.25) is 0 Å². The average Bonchev–Trinajstić information content (AvgIpc) is 2.37. The monoisotopic (exact) mass is 266 g/mol. The first-order valence-corrected chi connectivity index (χ1v) is 6.65. The number of non-ortho nitro benzene ring substituents is 1. The molecule has 19 heavy (non-hydrogen) atoms. The van der Waals surface area contributed by atoms with Crippen molar-refractivity contribution in [3.63, 3.8) is 0 Å². The number of hydrogen-bond donors (Lipinski definition) is 0. The Kier molecular flexibility index (Phi) is 4.02. The van der Waals surface area contributed by atoms with Crippen LogP contribution in [0.2, 0.25) is 0 Å². The van der Waals surface area contributed by atoms with Crippen LogP contribution in [0.1, 0.15) is 32.6 Å². The first-order valence-electron chi connectivity index (χ1n) is 6.65. The van der Waals surface area contributed by atoms with E-state index >= 15 is 0 Å². The highest BCUT2D eigenvalue weighted by Crippen LogP contribution is 2.31. The van der Waals surface area contributed by atoms with E-state index in [4.69, 9.17) is 0 Å². The molecule has 2 rings (SSSR count). The first-order chi connectivity index (χ1) is 8.97. The molecule has 0 bridgehead atoms. The maximum atomic E-state index is 13.5. The third-order valence-electron chi connectivity index (χ3n) is 3.94. The van der Waals surface area contributed by atoms with Crippen molar-refractivity contribution in [3.05, 3.63) is 34.1 Å². The number of nitro benzene ring substituents is 1. The van der Waals surface area contributed by atoms with Gasteiger partial charge in [-0.25, -0.2) is 4.39 Å². The van der Waals surface area contributed by atoms with E-state index in [9.17, 15) is 14.5 Å². The number of rotatable bonds is 3. The molecule has 2 unspecified atom stereocenters. The van der Waals surface area contributed by atoms with Gasteiger partial charge in [-0.15, -0.1) is 0 Å². The van der Waals surface area contributed by atoms with Crippen LogP contribution in [-0.2, 0) is 0 Å². The van der Waals surface area contributed by atoms with Crippen LogP contribution in [0.25, 0.3) is 0 Å². The largest absolute Gasteiger partial charge is 0.371 e. The minimum Gasteiger partial charge on any atom is -0.371 e. The van der Waals surface area contributed by atoms with Crippen molar-refractivity contribution < 1.29 is 9.31 Å². The molecule has 1 aromatic rings. The molecular weight excluding hydrogens is 247 g/mol. The first kappa shape index (κ1) is 13.8. The second kappa shape index (κ2) is 5.55. The SMILES string of the molecule is CC1CCCC(N(C)c2cc(F)cc([N+](=O)[O-])c2)C1. The summed E-state index contributed by atoms with van der Waals surface area (Å²) < 4.78 is 13.5. The fourth-order valence-corrected chi connectivity index (χ4v) is 2.83. The molecule has 1 aliphatic carbocycles. The molecule has 0 radical (unpaired) electrons. The summed E-state index contributed by atoms with van der Waals surface area (Å²) in [7, 11) is 1.89. The molecule has 4 nitrogen and oxygen atoms in total. The molecule has 0 heterocycles. The Labute approximate surface area is 112 Å². The van der Waals surface area contributed by atoms with Crippen molar-refractivity contribution in [3.8, 4) is 0 Å². The van der Waals surface area contributed by atoms with Crippen molar-refractivity contribution >= 4 is 11.4 Å². The molecule has 0 aromatic heterocycles. The Hall–Kier alpha value is -1.65. The molecule has 0 amide bonds. The molecule has 1 aromatic carbocycles. The molecule has 1 fully saturated rings. The van der Waals surface area contributed by atoms with Gasteiger partial charge in [-0.05, 0) is 24.8 Å². The van der Waals surface area contributed by atoms with E-state index in [0.29, 0.717) is 17.6 Å². The van der Waals surface area contributed by atoms with Crippen LogP contribution < -0.4 is 4.90 Å². The van der Waals surface area contributed by atoms with Gasteiger partial charge < -0.3 is 4.90 Å². The van der Waals surface area contributed by atoms with Gasteiger partial charge in [0.25, 0.3) is 5.69 Å². The topological polar surface area (TPSA) is 46.4 Å². The second-order valence-corrected chi connectivity index (χ2v) is 5.46. The summed E-state index contributed by atoms with van der Waals surface area (Å²) in [6, 6.07) is 4.11. The molecular formula is C14H19FN2O2. The molecule has 0 spiro atoms. The predicted octanol–water partition coefficient (Wildman–Crippen LogP) is 3.75. The lowest BCUT2D eigenvalue weighted by Gasteiger charge is -2.35. The van der Waals surface area contributed by atoms with Crippen LogP contribution in [0, 0.1) is 21.8 Å². The van der Waals surface area contributed by atoms with Gasteiger partial charge in [-0.3, -0.25) is 10.1 Å². The third-order valence-corrected chi connectivity index (χ3v) is 3.94. The van der Waals surface area contributed by atoms with Gasteiger partial charge in [0.1, 0.15) is 5.82 Å². The zero-order valence-electron chi connectivity index (χ0n) is 11.3. The summed E-state index contributed by atoms with van der Waals surface area (Å²) in [6.07, 6.45) is 4.51.